The summed E-state index contributed by atoms with van der Waals surface area (Å²) < 4.78 is 5.24. The van der Waals surface area contributed by atoms with E-state index in [9.17, 15) is 9.90 Å². The average Bonchev–Trinajstić information content (AvgIpc) is 2.42. The van der Waals surface area contributed by atoms with E-state index >= 15 is 0 Å². The standard InChI is InChI=1S/C16H22O3/c1-3-4-5-6-7-11-14(16(17)18)13-10-8-9-12-15(13)19-2/h5-6,8-10,12,14H,3-4,7,11H2,1-2H3,(H,17,18)/b6-5+. The maximum Gasteiger partial charge on any atom is 0.311 e. The summed E-state index contributed by atoms with van der Waals surface area (Å²) >= 11 is 0. The van der Waals surface area contributed by atoms with E-state index in [1.165, 1.54) is 0 Å². The molecule has 3 heteroatoms. The zero-order valence-electron chi connectivity index (χ0n) is 11.6. The smallest absolute Gasteiger partial charge is 0.311 e. The van der Waals surface area contributed by atoms with Gasteiger partial charge in [0.25, 0.3) is 0 Å². The highest BCUT2D eigenvalue weighted by molar-refractivity contribution is 5.77. The molecule has 0 aliphatic heterocycles. The van der Waals surface area contributed by atoms with Gasteiger partial charge in [-0.05, 0) is 25.3 Å². The van der Waals surface area contributed by atoms with E-state index in [4.69, 9.17) is 4.74 Å². The minimum Gasteiger partial charge on any atom is -0.496 e. The Morgan fingerprint density at radius 2 is 2.00 bits per heavy atom. The molecule has 1 N–H and O–H groups in total. The van der Waals surface area contributed by atoms with Crippen molar-refractivity contribution < 1.29 is 14.6 Å². The summed E-state index contributed by atoms with van der Waals surface area (Å²) in [6.07, 6.45) is 7.71. The van der Waals surface area contributed by atoms with Gasteiger partial charge in [0.15, 0.2) is 0 Å². The predicted molar refractivity (Wildman–Crippen MR) is 76.7 cm³/mol. The molecule has 3 nitrogen and oxygen atoms in total. The minimum absolute atomic E-state index is 0.512. The van der Waals surface area contributed by atoms with Crippen molar-refractivity contribution in [2.75, 3.05) is 7.11 Å². The summed E-state index contributed by atoms with van der Waals surface area (Å²) in [7, 11) is 1.57. The fraction of sp³-hybridized carbons (Fsp3) is 0.438. The minimum atomic E-state index is -0.798. The monoisotopic (exact) mass is 262 g/mol. The summed E-state index contributed by atoms with van der Waals surface area (Å²) in [6.45, 7) is 2.12. The molecule has 1 aromatic rings. The highest BCUT2D eigenvalue weighted by Gasteiger charge is 2.22. The number of unbranched alkanes of at least 4 members (excludes halogenated alkanes) is 1. The zero-order valence-corrected chi connectivity index (χ0v) is 11.6. The third-order valence-corrected chi connectivity index (χ3v) is 3.06. The van der Waals surface area contributed by atoms with Crippen LogP contribution in [0, 0.1) is 0 Å². The van der Waals surface area contributed by atoms with Crippen molar-refractivity contribution in [2.24, 2.45) is 0 Å². The molecule has 1 rings (SSSR count). The van der Waals surface area contributed by atoms with Gasteiger partial charge in [-0.3, -0.25) is 4.79 Å². The van der Waals surface area contributed by atoms with Crippen molar-refractivity contribution >= 4 is 5.97 Å². The van der Waals surface area contributed by atoms with Gasteiger partial charge in [0.2, 0.25) is 0 Å². The van der Waals surface area contributed by atoms with Gasteiger partial charge in [0, 0.05) is 5.56 Å². The molecule has 0 bridgehead atoms. The lowest BCUT2D eigenvalue weighted by Crippen LogP contribution is -2.12. The molecule has 0 aliphatic carbocycles. The number of aliphatic carboxylic acids is 1. The molecule has 0 saturated carbocycles. The Morgan fingerprint density at radius 3 is 2.63 bits per heavy atom. The second kappa shape index (κ2) is 8.35. The Labute approximate surface area is 114 Å². The van der Waals surface area contributed by atoms with Crippen LogP contribution in [0.3, 0.4) is 0 Å². The molecule has 0 saturated heterocycles. The molecular weight excluding hydrogens is 240 g/mol. The van der Waals surface area contributed by atoms with E-state index in [-0.39, 0.29) is 0 Å². The Balaban J connectivity index is 2.74. The molecule has 1 atom stereocenters. The number of hydrogen-bond donors (Lipinski definition) is 1. The van der Waals surface area contributed by atoms with Crippen LogP contribution in [-0.4, -0.2) is 18.2 Å². The van der Waals surface area contributed by atoms with Gasteiger partial charge < -0.3 is 9.84 Å². The number of methoxy groups -OCH3 is 1. The Bertz CT molecular complexity index is 424. The molecule has 0 aliphatic rings. The van der Waals surface area contributed by atoms with E-state index in [1.807, 2.05) is 18.2 Å². The summed E-state index contributed by atoms with van der Waals surface area (Å²) in [5.74, 6) is -0.664. The van der Waals surface area contributed by atoms with Gasteiger partial charge in [-0.2, -0.15) is 0 Å². The summed E-state index contributed by atoms with van der Waals surface area (Å²) in [6, 6.07) is 7.33. The Hall–Kier alpha value is -1.77. The van der Waals surface area contributed by atoms with Crippen molar-refractivity contribution in [3.8, 4) is 5.75 Å². The number of ether oxygens (including phenoxy) is 1. The van der Waals surface area contributed by atoms with Crippen LogP contribution in [0.2, 0.25) is 0 Å². The van der Waals surface area contributed by atoms with Crippen LogP contribution in [0.1, 0.15) is 44.1 Å². The fourth-order valence-electron chi connectivity index (χ4n) is 2.03. The summed E-state index contributed by atoms with van der Waals surface area (Å²) in [5, 5.41) is 9.37. The largest absolute Gasteiger partial charge is 0.496 e. The van der Waals surface area contributed by atoms with Crippen LogP contribution in [0.25, 0.3) is 0 Å². The van der Waals surface area contributed by atoms with Crippen molar-refractivity contribution in [1.29, 1.82) is 0 Å². The van der Waals surface area contributed by atoms with Crippen LogP contribution in [0.4, 0.5) is 0 Å². The first-order valence-corrected chi connectivity index (χ1v) is 6.71. The quantitative estimate of drug-likeness (QED) is 0.720. The number of rotatable bonds is 8. The second-order valence-corrected chi connectivity index (χ2v) is 4.47. The van der Waals surface area contributed by atoms with Crippen LogP contribution >= 0.6 is 0 Å². The van der Waals surface area contributed by atoms with E-state index in [2.05, 4.69) is 19.1 Å². The SMILES string of the molecule is CCC/C=C/CCC(C(=O)O)c1ccccc1OC. The first-order valence-electron chi connectivity index (χ1n) is 6.71. The molecule has 0 aromatic heterocycles. The lowest BCUT2D eigenvalue weighted by molar-refractivity contribution is -0.139. The molecule has 1 aromatic carbocycles. The molecule has 0 amide bonds. The lowest BCUT2D eigenvalue weighted by atomic mass is 9.93. The molecule has 104 valence electrons. The van der Waals surface area contributed by atoms with Crippen LogP contribution in [0.15, 0.2) is 36.4 Å². The first-order chi connectivity index (χ1) is 9.20. The maximum atomic E-state index is 11.4. The van der Waals surface area contributed by atoms with Crippen LogP contribution in [-0.2, 0) is 4.79 Å². The predicted octanol–water partition coefficient (Wildman–Crippen LogP) is 4.00. The van der Waals surface area contributed by atoms with Gasteiger partial charge >= 0.3 is 5.97 Å². The molecule has 0 spiro atoms. The number of para-hydroxylation sites is 1. The van der Waals surface area contributed by atoms with Gasteiger partial charge in [-0.1, -0.05) is 43.7 Å². The highest BCUT2D eigenvalue weighted by Crippen LogP contribution is 2.30. The van der Waals surface area contributed by atoms with Crippen LogP contribution in [0.5, 0.6) is 5.75 Å². The topological polar surface area (TPSA) is 46.5 Å². The first kappa shape index (κ1) is 15.3. The normalized spacial score (nSPS) is 12.5. The summed E-state index contributed by atoms with van der Waals surface area (Å²) in [4.78, 5) is 11.4. The van der Waals surface area contributed by atoms with Gasteiger partial charge in [0.05, 0.1) is 13.0 Å². The number of carboxylic acids is 1. The number of carbonyl (C=O) groups is 1. The molecule has 0 heterocycles. The van der Waals surface area contributed by atoms with Crippen molar-refractivity contribution in [2.45, 2.75) is 38.5 Å². The molecular formula is C16H22O3. The van der Waals surface area contributed by atoms with E-state index in [1.54, 1.807) is 13.2 Å². The van der Waals surface area contributed by atoms with E-state index in [0.29, 0.717) is 12.2 Å². The molecule has 19 heavy (non-hydrogen) atoms. The van der Waals surface area contributed by atoms with Crippen molar-refractivity contribution in [1.82, 2.24) is 0 Å². The number of allylic oxidation sites excluding steroid dienone is 2. The second-order valence-electron chi connectivity index (χ2n) is 4.47. The molecule has 1 unspecified atom stereocenters. The number of carboxylic acid groups (broad SMARTS) is 1. The highest BCUT2D eigenvalue weighted by atomic mass is 16.5. The molecule has 0 fully saturated rings. The number of benzene rings is 1. The lowest BCUT2D eigenvalue weighted by Gasteiger charge is -2.15. The molecule has 0 radical (unpaired) electrons. The third-order valence-electron chi connectivity index (χ3n) is 3.06. The van der Waals surface area contributed by atoms with Crippen molar-refractivity contribution in [3.63, 3.8) is 0 Å². The van der Waals surface area contributed by atoms with Gasteiger partial charge in [-0.15, -0.1) is 0 Å². The van der Waals surface area contributed by atoms with Gasteiger partial charge in [0.1, 0.15) is 5.75 Å². The van der Waals surface area contributed by atoms with Crippen molar-refractivity contribution in [3.05, 3.63) is 42.0 Å². The Kier molecular flexibility index (Phi) is 6.72. The maximum absolute atomic E-state index is 11.4. The average molecular weight is 262 g/mol. The summed E-state index contributed by atoms with van der Waals surface area (Å²) in [5.41, 5.74) is 0.751. The third kappa shape index (κ3) is 4.78. The Morgan fingerprint density at radius 1 is 1.32 bits per heavy atom. The zero-order chi connectivity index (χ0) is 14.1. The van der Waals surface area contributed by atoms with Gasteiger partial charge in [-0.25, -0.2) is 0 Å². The fourth-order valence-corrected chi connectivity index (χ4v) is 2.03. The van der Waals surface area contributed by atoms with E-state index < -0.39 is 11.9 Å². The number of hydrogen-bond acceptors (Lipinski definition) is 2. The van der Waals surface area contributed by atoms with Crippen LogP contribution < -0.4 is 4.74 Å². The van der Waals surface area contributed by atoms with E-state index in [0.717, 1.165) is 24.8 Å².